The summed E-state index contributed by atoms with van der Waals surface area (Å²) in [5.41, 5.74) is 0. The Hall–Kier alpha value is 0.870. The monoisotopic (exact) mass is 334 g/mol. The molecule has 126 valence electrons. The van der Waals surface area contributed by atoms with Crippen molar-refractivity contribution in [3.8, 4) is 0 Å². The summed E-state index contributed by atoms with van der Waals surface area (Å²) in [6.45, 7) is 4.58. The predicted molar refractivity (Wildman–Crippen MR) is 92.7 cm³/mol. The molecular weight excluding hydrogens is 299 g/mol. The van der Waals surface area contributed by atoms with Crippen LogP contribution in [0.4, 0.5) is 0 Å². The van der Waals surface area contributed by atoms with Crippen LogP contribution < -0.4 is 0 Å². The van der Waals surface area contributed by atoms with E-state index in [1.807, 2.05) is 0 Å². The van der Waals surface area contributed by atoms with Gasteiger partial charge in [0, 0.05) is 0 Å². The van der Waals surface area contributed by atoms with Crippen LogP contribution in [0, 0.1) is 0 Å². The maximum atomic E-state index is 8.74. The molecule has 0 aromatic heterocycles. The minimum absolute atomic E-state index is 0. The van der Waals surface area contributed by atoms with Gasteiger partial charge in [-0.1, -0.05) is 97.3 Å². The third-order valence-electron chi connectivity index (χ3n) is 3.21. The van der Waals surface area contributed by atoms with Crippen molar-refractivity contribution in [3.63, 3.8) is 0 Å². The fourth-order valence-electron chi connectivity index (χ4n) is 2.09. The molecular formula is C15H35NaO4S. The predicted octanol–water partition coefficient (Wildman–Crippen LogP) is 4.80. The summed E-state index contributed by atoms with van der Waals surface area (Å²) in [5.74, 6) is 0. The Morgan fingerprint density at radius 3 is 0.857 bits per heavy atom. The van der Waals surface area contributed by atoms with Crippen LogP contribution in [-0.2, 0) is 10.4 Å². The molecule has 0 amide bonds. The molecule has 0 rings (SSSR count). The Morgan fingerprint density at radius 2 is 0.714 bits per heavy atom. The van der Waals surface area contributed by atoms with Crippen LogP contribution in [0.3, 0.4) is 0 Å². The molecule has 0 unspecified atom stereocenters. The van der Waals surface area contributed by atoms with E-state index in [4.69, 9.17) is 17.5 Å². The van der Waals surface area contributed by atoms with Gasteiger partial charge in [0.2, 0.25) is 0 Å². The molecule has 0 aliphatic rings. The van der Waals surface area contributed by atoms with E-state index in [0.29, 0.717) is 0 Å². The van der Waals surface area contributed by atoms with E-state index >= 15 is 0 Å². The number of hydrogen-bond donors (Lipinski definition) is 2. The summed E-state index contributed by atoms with van der Waals surface area (Å²) in [6.07, 6.45) is 18.9. The summed E-state index contributed by atoms with van der Waals surface area (Å²) in [6, 6.07) is 0. The topological polar surface area (TPSA) is 74.6 Å². The number of rotatable bonds is 12. The Bertz CT molecular complexity index is 249. The first-order valence-corrected chi connectivity index (χ1v) is 9.51. The molecule has 21 heavy (non-hydrogen) atoms. The summed E-state index contributed by atoms with van der Waals surface area (Å²) in [5, 5.41) is 0. The molecule has 0 saturated heterocycles. The fraction of sp³-hybridized carbons (Fsp3) is 1.00. The molecule has 0 aromatic rings. The second-order valence-electron chi connectivity index (χ2n) is 5.34. The third-order valence-corrected chi connectivity index (χ3v) is 3.21. The second-order valence-corrected chi connectivity index (χ2v) is 6.23. The van der Waals surface area contributed by atoms with Crippen molar-refractivity contribution < 1.29 is 17.5 Å². The molecule has 0 spiro atoms. The normalized spacial score (nSPS) is 10.5. The van der Waals surface area contributed by atoms with E-state index in [0.717, 1.165) is 0 Å². The van der Waals surface area contributed by atoms with Gasteiger partial charge in [-0.05, 0) is 0 Å². The summed E-state index contributed by atoms with van der Waals surface area (Å²) in [4.78, 5) is 0. The van der Waals surface area contributed by atoms with Gasteiger partial charge < -0.3 is 0 Å². The van der Waals surface area contributed by atoms with Crippen LogP contribution in [-0.4, -0.2) is 47.1 Å². The van der Waals surface area contributed by atoms with Crippen molar-refractivity contribution >= 4 is 40.0 Å². The van der Waals surface area contributed by atoms with E-state index in [1.54, 1.807) is 0 Å². The van der Waals surface area contributed by atoms with Crippen LogP contribution in [0.5, 0.6) is 0 Å². The van der Waals surface area contributed by atoms with E-state index < -0.39 is 10.4 Å². The molecule has 0 aliphatic heterocycles. The van der Waals surface area contributed by atoms with Crippen molar-refractivity contribution in [2.45, 2.75) is 97.3 Å². The number of hydrogen-bond acceptors (Lipinski definition) is 2. The average molecular weight is 334 g/mol. The molecule has 4 nitrogen and oxygen atoms in total. The van der Waals surface area contributed by atoms with Gasteiger partial charge in [-0.2, -0.15) is 8.42 Å². The Morgan fingerprint density at radius 1 is 0.571 bits per heavy atom. The Balaban J connectivity index is -0.000000465. The van der Waals surface area contributed by atoms with E-state index in [2.05, 4.69) is 13.8 Å². The molecule has 0 aromatic carbocycles. The summed E-state index contributed by atoms with van der Waals surface area (Å²) in [7, 11) is -4.67. The SMILES string of the molecule is CCCCCCCCCCCCCCC.O=S(=O)(O)O.[NaH]. The van der Waals surface area contributed by atoms with Crippen LogP contribution in [0.15, 0.2) is 0 Å². The molecule has 0 fully saturated rings. The first-order valence-electron chi connectivity index (χ1n) is 8.11. The molecule has 0 heterocycles. The maximum absolute atomic E-state index is 8.74. The zero-order valence-electron chi connectivity index (χ0n) is 13.3. The van der Waals surface area contributed by atoms with Crippen LogP contribution >= 0.6 is 0 Å². The van der Waals surface area contributed by atoms with Gasteiger partial charge in [0.1, 0.15) is 0 Å². The average Bonchev–Trinajstić information content (AvgIpc) is 2.34. The zero-order chi connectivity index (χ0) is 15.7. The Labute approximate surface area is 154 Å². The van der Waals surface area contributed by atoms with Crippen molar-refractivity contribution in [1.29, 1.82) is 0 Å². The second kappa shape index (κ2) is 20.9. The van der Waals surface area contributed by atoms with Gasteiger partial charge in [-0.15, -0.1) is 0 Å². The van der Waals surface area contributed by atoms with Gasteiger partial charge >= 0.3 is 40.0 Å². The Kier molecular flexibility index (Phi) is 26.6. The van der Waals surface area contributed by atoms with Gasteiger partial charge in [0.05, 0.1) is 0 Å². The summed E-state index contributed by atoms with van der Waals surface area (Å²) < 4.78 is 31.6. The first-order chi connectivity index (χ1) is 9.41. The van der Waals surface area contributed by atoms with Crippen molar-refractivity contribution in [2.75, 3.05) is 0 Å². The molecule has 0 saturated carbocycles. The molecule has 6 heteroatoms. The third kappa shape index (κ3) is 44.9. The van der Waals surface area contributed by atoms with Crippen LogP contribution in [0.25, 0.3) is 0 Å². The van der Waals surface area contributed by atoms with Gasteiger partial charge in [-0.3, -0.25) is 9.11 Å². The molecule has 0 bridgehead atoms. The molecule has 2 N–H and O–H groups in total. The molecule has 0 aliphatic carbocycles. The number of unbranched alkanes of at least 4 members (excludes halogenated alkanes) is 12. The quantitative estimate of drug-likeness (QED) is 0.305. The van der Waals surface area contributed by atoms with Crippen molar-refractivity contribution in [2.24, 2.45) is 0 Å². The van der Waals surface area contributed by atoms with Gasteiger partial charge in [0.15, 0.2) is 0 Å². The van der Waals surface area contributed by atoms with Crippen LogP contribution in [0.2, 0.25) is 0 Å². The first kappa shape index (κ1) is 26.8. The molecule has 0 atom stereocenters. The van der Waals surface area contributed by atoms with Gasteiger partial charge in [0.25, 0.3) is 0 Å². The van der Waals surface area contributed by atoms with Crippen molar-refractivity contribution in [3.05, 3.63) is 0 Å². The van der Waals surface area contributed by atoms with E-state index in [-0.39, 0.29) is 29.6 Å². The minimum atomic E-state index is -4.67. The fourth-order valence-corrected chi connectivity index (χ4v) is 2.09. The van der Waals surface area contributed by atoms with Gasteiger partial charge in [-0.25, -0.2) is 0 Å². The standard InChI is InChI=1S/C15H32.Na.H2O4S.H/c1-3-5-7-9-11-13-15-14-12-10-8-6-4-2;;1-5(2,3)4;/h3-15H2,1-2H3;;(H2,1,2,3,4);. The van der Waals surface area contributed by atoms with E-state index in [1.165, 1.54) is 83.5 Å². The van der Waals surface area contributed by atoms with Crippen molar-refractivity contribution in [1.82, 2.24) is 0 Å². The zero-order valence-corrected chi connectivity index (χ0v) is 14.1. The molecule has 0 radical (unpaired) electrons. The summed E-state index contributed by atoms with van der Waals surface area (Å²) >= 11 is 0. The van der Waals surface area contributed by atoms with E-state index in [9.17, 15) is 0 Å². The van der Waals surface area contributed by atoms with Crippen LogP contribution in [0.1, 0.15) is 97.3 Å².